The van der Waals surface area contributed by atoms with E-state index in [-0.39, 0.29) is 6.61 Å². The second kappa shape index (κ2) is 7.95. The van der Waals surface area contributed by atoms with Crippen LogP contribution in [0.4, 0.5) is 0 Å². The second-order valence-electron chi connectivity index (χ2n) is 5.53. The first-order valence-electron chi connectivity index (χ1n) is 7.63. The molecule has 0 unspecified atom stereocenters. The van der Waals surface area contributed by atoms with Gasteiger partial charge in [-0.15, -0.1) is 0 Å². The van der Waals surface area contributed by atoms with Crippen molar-refractivity contribution >= 4 is 17.9 Å². The standard InChI is InChI=1S/C15H18N2O9/c1-7(18)23-6-10-12(24-8(2)19)13(25-9(3)20)14(26-10)17-5-4-11(21)16-15(17)22/h4-5,10,12-14H,6H2,1-3H3,(H,16,21,22)/t10-,12+,13+,14-/m1/s1. The Morgan fingerprint density at radius 1 is 1.08 bits per heavy atom. The highest BCUT2D eigenvalue weighted by Gasteiger charge is 2.50. The molecule has 1 aliphatic heterocycles. The lowest BCUT2D eigenvalue weighted by molar-refractivity contribution is -0.166. The molecule has 0 radical (unpaired) electrons. The van der Waals surface area contributed by atoms with E-state index in [2.05, 4.69) is 0 Å². The maximum absolute atomic E-state index is 12.1. The number of hydrogen-bond donors (Lipinski definition) is 1. The Bertz CT molecular complexity index is 812. The van der Waals surface area contributed by atoms with Crippen molar-refractivity contribution in [3.63, 3.8) is 0 Å². The normalized spacial score (nSPS) is 24.7. The minimum Gasteiger partial charge on any atom is -0.463 e. The van der Waals surface area contributed by atoms with Gasteiger partial charge in [-0.05, 0) is 0 Å². The molecular formula is C15H18N2O9. The molecule has 11 nitrogen and oxygen atoms in total. The van der Waals surface area contributed by atoms with Crippen molar-refractivity contribution in [1.29, 1.82) is 0 Å². The first kappa shape index (κ1) is 19.4. The Labute approximate surface area is 146 Å². The Balaban J connectivity index is 2.41. The molecule has 26 heavy (non-hydrogen) atoms. The van der Waals surface area contributed by atoms with Crippen LogP contribution in [0.2, 0.25) is 0 Å². The van der Waals surface area contributed by atoms with Gasteiger partial charge in [0.15, 0.2) is 18.4 Å². The molecule has 142 valence electrons. The summed E-state index contributed by atoms with van der Waals surface area (Å²) >= 11 is 0. The maximum atomic E-state index is 12.1. The van der Waals surface area contributed by atoms with Crippen molar-refractivity contribution in [3.8, 4) is 0 Å². The number of ether oxygens (including phenoxy) is 4. The van der Waals surface area contributed by atoms with E-state index in [4.69, 9.17) is 18.9 Å². The lowest BCUT2D eigenvalue weighted by atomic mass is 10.1. The van der Waals surface area contributed by atoms with Gasteiger partial charge in [0, 0.05) is 33.0 Å². The molecular weight excluding hydrogens is 352 g/mol. The topological polar surface area (TPSA) is 143 Å². The zero-order chi connectivity index (χ0) is 19.4. The average molecular weight is 370 g/mol. The van der Waals surface area contributed by atoms with Crippen LogP contribution in [0.15, 0.2) is 21.9 Å². The van der Waals surface area contributed by atoms with Crippen LogP contribution in [0.1, 0.15) is 27.0 Å². The van der Waals surface area contributed by atoms with Crippen molar-refractivity contribution in [2.24, 2.45) is 0 Å². The summed E-state index contributed by atoms with van der Waals surface area (Å²) in [5.74, 6) is -1.98. The van der Waals surface area contributed by atoms with Crippen LogP contribution in [0.25, 0.3) is 0 Å². The van der Waals surface area contributed by atoms with Gasteiger partial charge in [0.05, 0.1) is 0 Å². The highest BCUT2D eigenvalue weighted by Crippen LogP contribution is 2.33. The predicted molar refractivity (Wildman–Crippen MR) is 83.0 cm³/mol. The fourth-order valence-electron chi connectivity index (χ4n) is 2.54. The third-order valence-corrected chi connectivity index (χ3v) is 3.47. The van der Waals surface area contributed by atoms with Gasteiger partial charge < -0.3 is 18.9 Å². The Morgan fingerprint density at radius 3 is 2.23 bits per heavy atom. The largest absolute Gasteiger partial charge is 0.463 e. The van der Waals surface area contributed by atoms with Gasteiger partial charge in [-0.1, -0.05) is 0 Å². The Morgan fingerprint density at radius 2 is 1.69 bits per heavy atom. The second-order valence-corrected chi connectivity index (χ2v) is 5.53. The molecule has 0 aromatic carbocycles. The van der Waals surface area contributed by atoms with Gasteiger partial charge in [-0.3, -0.25) is 28.7 Å². The van der Waals surface area contributed by atoms with E-state index >= 15 is 0 Å². The summed E-state index contributed by atoms with van der Waals surface area (Å²) < 4.78 is 21.9. The number of nitrogens with one attached hydrogen (secondary N) is 1. The van der Waals surface area contributed by atoms with Gasteiger partial charge >= 0.3 is 23.6 Å². The number of aromatic nitrogens is 2. The van der Waals surface area contributed by atoms with Gasteiger partial charge in [-0.2, -0.15) is 0 Å². The SMILES string of the molecule is CC(=O)OC[C@H]1O[C@@H](n2ccc(=O)[nH]c2=O)[C@@H](OC(C)=O)[C@H]1OC(C)=O. The quantitative estimate of drug-likeness (QED) is 0.502. The van der Waals surface area contributed by atoms with E-state index in [1.807, 2.05) is 4.98 Å². The third kappa shape index (κ3) is 4.57. The summed E-state index contributed by atoms with van der Waals surface area (Å²) in [5, 5.41) is 0. The van der Waals surface area contributed by atoms with Crippen LogP contribution in [0.3, 0.4) is 0 Å². The minimum atomic E-state index is -1.20. The van der Waals surface area contributed by atoms with E-state index < -0.39 is 53.7 Å². The lowest BCUT2D eigenvalue weighted by Gasteiger charge is -2.23. The zero-order valence-electron chi connectivity index (χ0n) is 14.3. The van der Waals surface area contributed by atoms with Crippen LogP contribution in [-0.4, -0.2) is 52.4 Å². The summed E-state index contributed by atoms with van der Waals surface area (Å²) in [6.45, 7) is 3.17. The van der Waals surface area contributed by atoms with E-state index in [0.29, 0.717) is 0 Å². The van der Waals surface area contributed by atoms with Crippen molar-refractivity contribution < 1.29 is 33.3 Å². The molecule has 0 amide bonds. The average Bonchev–Trinajstić information content (AvgIpc) is 2.82. The molecule has 0 saturated carbocycles. The molecule has 1 fully saturated rings. The molecule has 1 aliphatic rings. The molecule has 1 aromatic heterocycles. The van der Waals surface area contributed by atoms with E-state index in [9.17, 15) is 24.0 Å². The molecule has 0 aliphatic carbocycles. The molecule has 0 spiro atoms. The Kier molecular flexibility index (Phi) is 5.93. The van der Waals surface area contributed by atoms with Crippen LogP contribution in [-0.2, 0) is 33.3 Å². The molecule has 2 rings (SSSR count). The summed E-state index contributed by atoms with van der Waals surface area (Å²) in [5.41, 5.74) is -1.43. The van der Waals surface area contributed by atoms with E-state index in [1.54, 1.807) is 0 Å². The number of carbonyl (C=O) groups excluding carboxylic acids is 3. The van der Waals surface area contributed by atoms with Crippen molar-refractivity contribution in [2.45, 2.75) is 45.3 Å². The monoisotopic (exact) mass is 370 g/mol. The highest BCUT2D eigenvalue weighted by atomic mass is 16.7. The van der Waals surface area contributed by atoms with E-state index in [0.717, 1.165) is 30.7 Å². The lowest BCUT2D eigenvalue weighted by Crippen LogP contribution is -2.42. The fourth-order valence-corrected chi connectivity index (χ4v) is 2.54. The molecule has 1 saturated heterocycles. The number of rotatable bonds is 5. The number of H-pyrrole nitrogens is 1. The van der Waals surface area contributed by atoms with Crippen molar-refractivity contribution in [1.82, 2.24) is 9.55 Å². The van der Waals surface area contributed by atoms with Crippen LogP contribution < -0.4 is 11.2 Å². The van der Waals surface area contributed by atoms with Crippen molar-refractivity contribution in [2.75, 3.05) is 6.61 Å². The van der Waals surface area contributed by atoms with Crippen LogP contribution >= 0.6 is 0 Å². The molecule has 1 N–H and O–H groups in total. The fraction of sp³-hybridized carbons (Fsp3) is 0.533. The van der Waals surface area contributed by atoms with Crippen LogP contribution in [0, 0.1) is 0 Å². The first-order valence-corrected chi connectivity index (χ1v) is 7.63. The smallest absolute Gasteiger partial charge is 0.330 e. The summed E-state index contributed by atoms with van der Waals surface area (Å²) in [6, 6.07) is 1.08. The third-order valence-electron chi connectivity index (χ3n) is 3.47. The molecule has 0 bridgehead atoms. The molecule has 1 aromatic rings. The summed E-state index contributed by atoms with van der Waals surface area (Å²) in [6.07, 6.45) is -3.36. The predicted octanol–water partition coefficient (Wildman–Crippen LogP) is -1.14. The number of hydrogen-bond acceptors (Lipinski definition) is 9. The van der Waals surface area contributed by atoms with Gasteiger partial charge in [0.25, 0.3) is 5.56 Å². The number of carbonyl (C=O) groups is 3. The number of aromatic amines is 1. The molecule has 4 atom stereocenters. The van der Waals surface area contributed by atoms with Gasteiger partial charge in [0.2, 0.25) is 0 Å². The van der Waals surface area contributed by atoms with Crippen LogP contribution in [0.5, 0.6) is 0 Å². The first-order chi connectivity index (χ1) is 12.2. The van der Waals surface area contributed by atoms with Crippen molar-refractivity contribution in [3.05, 3.63) is 33.1 Å². The zero-order valence-corrected chi connectivity index (χ0v) is 14.3. The minimum absolute atomic E-state index is 0.292. The van der Waals surface area contributed by atoms with E-state index in [1.165, 1.54) is 6.92 Å². The molecule has 11 heteroatoms. The molecule has 2 heterocycles. The number of esters is 3. The maximum Gasteiger partial charge on any atom is 0.330 e. The van der Waals surface area contributed by atoms with Gasteiger partial charge in [-0.25, -0.2) is 4.79 Å². The van der Waals surface area contributed by atoms with Gasteiger partial charge in [0.1, 0.15) is 12.7 Å². The summed E-state index contributed by atoms with van der Waals surface area (Å²) in [4.78, 5) is 59.3. The number of nitrogens with zero attached hydrogens (tertiary/aromatic N) is 1. The summed E-state index contributed by atoms with van der Waals surface area (Å²) in [7, 11) is 0. The highest BCUT2D eigenvalue weighted by molar-refractivity contribution is 5.67. The Hall–Kier alpha value is -2.95.